The van der Waals surface area contributed by atoms with E-state index in [0.29, 0.717) is 0 Å². The maximum Gasteiger partial charge on any atom is 0.405 e. The molecule has 0 aromatic heterocycles. The van der Waals surface area contributed by atoms with Crippen LogP contribution in [0.3, 0.4) is 0 Å². The molecule has 0 rings (SSSR count). The van der Waals surface area contributed by atoms with Crippen molar-refractivity contribution in [2.24, 2.45) is 0 Å². The number of nitrogens with one attached hydrogen (secondary N) is 1. The van der Waals surface area contributed by atoms with Gasteiger partial charge in [-0.1, -0.05) is 0 Å². The van der Waals surface area contributed by atoms with Gasteiger partial charge in [0.05, 0.1) is 6.61 Å². The van der Waals surface area contributed by atoms with Gasteiger partial charge in [-0.2, -0.15) is 0 Å². The van der Waals surface area contributed by atoms with Gasteiger partial charge in [-0.25, -0.2) is 9.65 Å². The van der Waals surface area contributed by atoms with Gasteiger partial charge in [-0.3, -0.25) is 0 Å². The first kappa shape index (κ1) is 11.1. The Bertz CT molecular complexity index is 143. The van der Waals surface area contributed by atoms with Crippen LogP contribution in [0.4, 0.5) is 0 Å². The molecule has 11 heavy (non-hydrogen) atoms. The fourth-order valence-corrected chi connectivity index (χ4v) is 1.47. The van der Waals surface area contributed by atoms with E-state index < -0.39 is 7.75 Å². The minimum absolute atomic E-state index is 0.114. The fourth-order valence-electron chi connectivity index (χ4n) is 0.491. The van der Waals surface area contributed by atoms with Crippen LogP contribution >= 0.6 is 7.75 Å². The summed E-state index contributed by atoms with van der Waals surface area (Å²) in [6.07, 6.45) is 0. The van der Waals surface area contributed by atoms with Crippen LogP contribution < -0.4 is 5.09 Å². The third-order valence-electron chi connectivity index (χ3n) is 1.13. The third kappa shape index (κ3) is 3.84. The second-order valence-corrected chi connectivity index (χ2v) is 4.06. The lowest BCUT2D eigenvalue weighted by atomic mass is 10.4. The molecule has 6 heteroatoms. The Labute approximate surface area is 66.3 Å². The van der Waals surface area contributed by atoms with E-state index >= 15 is 0 Å². The van der Waals surface area contributed by atoms with Crippen LogP contribution in [0.1, 0.15) is 6.92 Å². The summed E-state index contributed by atoms with van der Waals surface area (Å²) in [5, 5.41) is 11.1. The zero-order chi connectivity index (χ0) is 8.91. The molecule has 0 saturated carbocycles. The number of rotatable bonds is 5. The first-order valence-electron chi connectivity index (χ1n) is 3.18. The van der Waals surface area contributed by atoms with Crippen LogP contribution in [0.15, 0.2) is 0 Å². The first-order chi connectivity index (χ1) is 5.08. The van der Waals surface area contributed by atoms with E-state index in [1.807, 2.05) is 0 Å². The summed E-state index contributed by atoms with van der Waals surface area (Å²) in [4.78, 5) is 0. The highest BCUT2D eigenvalue weighted by Gasteiger charge is 2.22. The van der Waals surface area contributed by atoms with Gasteiger partial charge < -0.3 is 14.2 Å². The van der Waals surface area contributed by atoms with E-state index in [1.165, 1.54) is 14.2 Å². The van der Waals surface area contributed by atoms with Crippen molar-refractivity contribution < 1.29 is 18.7 Å². The summed E-state index contributed by atoms with van der Waals surface area (Å²) in [7, 11) is -0.606. The molecule has 0 saturated heterocycles. The maximum absolute atomic E-state index is 11.3. The second-order valence-electron chi connectivity index (χ2n) is 2.08. The molecular weight excluding hydrogens is 169 g/mol. The average molecular weight is 183 g/mol. The molecule has 0 spiro atoms. The lowest BCUT2D eigenvalue weighted by molar-refractivity contribution is 0.230. The molecule has 2 N–H and O–H groups in total. The minimum atomic E-state index is -3.16. The zero-order valence-electron chi connectivity index (χ0n) is 6.90. The summed E-state index contributed by atoms with van der Waals surface area (Å²) in [5.74, 6) is 0. The van der Waals surface area contributed by atoms with E-state index in [-0.39, 0.29) is 12.6 Å². The lowest BCUT2D eigenvalue weighted by Crippen LogP contribution is -2.27. The molecule has 0 aliphatic rings. The molecule has 0 radical (unpaired) electrons. The summed E-state index contributed by atoms with van der Waals surface area (Å²) in [6.45, 7) is 1.56. The fraction of sp³-hybridized carbons (Fsp3) is 1.00. The molecule has 0 aromatic carbocycles. The molecule has 0 bridgehead atoms. The van der Waals surface area contributed by atoms with Crippen molar-refractivity contribution in [2.75, 3.05) is 20.8 Å². The van der Waals surface area contributed by atoms with E-state index in [4.69, 9.17) is 5.11 Å². The molecule has 0 aliphatic heterocycles. The standard InChI is InChI=1S/C5H14NO4P/c1-5(4-7)6-11(8,9-2)10-3/h5,7H,4H2,1-3H3,(H,6,8). The van der Waals surface area contributed by atoms with Crippen LogP contribution in [0.2, 0.25) is 0 Å². The SMILES string of the molecule is COP(=O)(NC(C)CO)OC. The Morgan fingerprint density at radius 2 is 2.00 bits per heavy atom. The number of aliphatic hydroxyl groups is 1. The highest BCUT2D eigenvalue weighted by molar-refractivity contribution is 7.51. The molecule has 5 nitrogen and oxygen atoms in total. The Hall–Kier alpha value is 0.0700. The van der Waals surface area contributed by atoms with E-state index in [1.54, 1.807) is 6.92 Å². The normalized spacial score (nSPS) is 14.9. The molecule has 0 fully saturated rings. The molecule has 0 aliphatic carbocycles. The van der Waals surface area contributed by atoms with Crippen molar-refractivity contribution in [1.29, 1.82) is 0 Å². The third-order valence-corrected chi connectivity index (χ3v) is 2.85. The predicted molar refractivity (Wildman–Crippen MR) is 41.3 cm³/mol. The predicted octanol–water partition coefficient (Wildman–Crippen LogP) is 0.358. The second kappa shape index (κ2) is 4.85. The molecule has 0 heterocycles. The van der Waals surface area contributed by atoms with Crippen molar-refractivity contribution in [3.8, 4) is 0 Å². The van der Waals surface area contributed by atoms with Crippen LogP contribution in [-0.4, -0.2) is 32.0 Å². The van der Waals surface area contributed by atoms with Gasteiger partial charge in [0.15, 0.2) is 0 Å². The molecule has 0 amide bonds. The topological polar surface area (TPSA) is 67.8 Å². The summed E-state index contributed by atoms with van der Waals surface area (Å²) in [5.41, 5.74) is 0. The quantitative estimate of drug-likeness (QED) is 0.602. The van der Waals surface area contributed by atoms with E-state index in [2.05, 4.69) is 14.1 Å². The Morgan fingerprint density at radius 1 is 1.55 bits per heavy atom. The Balaban J connectivity index is 3.97. The summed E-state index contributed by atoms with van der Waals surface area (Å²) < 4.78 is 20.4. The molecule has 1 unspecified atom stereocenters. The van der Waals surface area contributed by atoms with Crippen molar-refractivity contribution in [3.05, 3.63) is 0 Å². The van der Waals surface area contributed by atoms with Gasteiger partial charge in [-0.05, 0) is 6.92 Å². The minimum Gasteiger partial charge on any atom is -0.395 e. The molecular formula is C5H14NO4P. The average Bonchev–Trinajstić information content (AvgIpc) is 2.04. The lowest BCUT2D eigenvalue weighted by Gasteiger charge is -2.17. The Kier molecular flexibility index (Phi) is 4.88. The number of aliphatic hydroxyl groups excluding tert-OH is 1. The van der Waals surface area contributed by atoms with Crippen molar-refractivity contribution in [1.82, 2.24) is 5.09 Å². The van der Waals surface area contributed by atoms with Crippen molar-refractivity contribution in [3.63, 3.8) is 0 Å². The van der Waals surface area contributed by atoms with Gasteiger partial charge in [0.2, 0.25) is 0 Å². The highest BCUT2D eigenvalue weighted by Crippen LogP contribution is 2.41. The molecule has 68 valence electrons. The smallest absolute Gasteiger partial charge is 0.395 e. The van der Waals surface area contributed by atoms with Gasteiger partial charge >= 0.3 is 7.75 Å². The van der Waals surface area contributed by atoms with Crippen LogP contribution in [0.5, 0.6) is 0 Å². The largest absolute Gasteiger partial charge is 0.405 e. The van der Waals surface area contributed by atoms with Crippen LogP contribution in [-0.2, 0) is 13.6 Å². The van der Waals surface area contributed by atoms with Crippen LogP contribution in [0.25, 0.3) is 0 Å². The van der Waals surface area contributed by atoms with Gasteiger partial charge in [-0.15, -0.1) is 0 Å². The zero-order valence-corrected chi connectivity index (χ0v) is 7.80. The van der Waals surface area contributed by atoms with Gasteiger partial charge in [0.1, 0.15) is 0 Å². The van der Waals surface area contributed by atoms with Gasteiger partial charge in [0, 0.05) is 20.3 Å². The summed E-state index contributed by atoms with van der Waals surface area (Å²) in [6, 6.07) is -0.305. The Morgan fingerprint density at radius 3 is 2.27 bits per heavy atom. The molecule has 0 aromatic rings. The maximum atomic E-state index is 11.3. The van der Waals surface area contributed by atoms with Crippen molar-refractivity contribution >= 4 is 7.75 Å². The highest BCUT2D eigenvalue weighted by atomic mass is 31.2. The van der Waals surface area contributed by atoms with Crippen molar-refractivity contribution in [2.45, 2.75) is 13.0 Å². The van der Waals surface area contributed by atoms with E-state index in [9.17, 15) is 4.57 Å². The number of hydrogen-bond acceptors (Lipinski definition) is 4. The number of hydrogen-bond donors (Lipinski definition) is 2. The molecule has 1 atom stereocenters. The summed E-state index contributed by atoms with van der Waals surface area (Å²) >= 11 is 0. The van der Waals surface area contributed by atoms with Gasteiger partial charge in [0.25, 0.3) is 0 Å². The monoisotopic (exact) mass is 183 g/mol. The first-order valence-corrected chi connectivity index (χ1v) is 4.72. The van der Waals surface area contributed by atoms with Crippen LogP contribution in [0, 0.1) is 0 Å². The van der Waals surface area contributed by atoms with E-state index in [0.717, 1.165) is 0 Å².